The Labute approximate surface area is 154 Å². The Bertz CT molecular complexity index is 633. The molecule has 0 saturated heterocycles. The first-order chi connectivity index (χ1) is 12.5. The highest BCUT2D eigenvalue weighted by Gasteiger charge is 2.22. The number of hydrogen-bond donors (Lipinski definition) is 3. The van der Waals surface area contributed by atoms with Crippen molar-refractivity contribution in [3.05, 3.63) is 23.8 Å². The number of carbonyl (C=O) groups is 1. The summed E-state index contributed by atoms with van der Waals surface area (Å²) in [7, 11) is 2.96. The predicted octanol–water partition coefficient (Wildman–Crippen LogP) is 2.76. The molecule has 0 amide bonds. The van der Waals surface area contributed by atoms with Crippen LogP contribution in [-0.4, -0.2) is 50.4 Å². The van der Waals surface area contributed by atoms with Crippen LogP contribution in [-0.2, 0) is 9.47 Å². The quantitative estimate of drug-likeness (QED) is 0.237. The third-order valence-corrected chi connectivity index (χ3v) is 4.67. The fraction of sp³-hybridized carbons (Fsp3) is 0.579. The van der Waals surface area contributed by atoms with Gasteiger partial charge in [0, 0.05) is 13.2 Å². The molecule has 1 aromatic rings. The van der Waals surface area contributed by atoms with Crippen LogP contribution < -0.4 is 10.6 Å². The normalized spacial score (nSPS) is 20.5. The lowest BCUT2D eigenvalue weighted by atomic mass is 9.86. The van der Waals surface area contributed by atoms with Crippen LogP contribution in [0.15, 0.2) is 23.2 Å². The molecule has 0 aromatic heterocycles. The van der Waals surface area contributed by atoms with E-state index in [2.05, 4.69) is 22.5 Å². The molecule has 1 aliphatic rings. The molecule has 0 radical (unpaired) electrons. The second kappa shape index (κ2) is 10.0. The monoisotopic (exact) mass is 363 g/mol. The van der Waals surface area contributed by atoms with Crippen LogP contribution in [0.25, 0.3) is 0 Å². The fourth-order valence-electron chi connectivity index (χ4n) is 3.08. The Morgan fingerprint density at radius 1 is 1.31 bits per heavy atom. The maximum atomic E-state index is 11.7. The van der Waals surface area contributed by atoms with Crippen molar-refractivity contribution in [1.29, 1.82) is 0 Å². The van der Waals surface area contributed by atoms with Crippen molar-refractivity contribution in [1.82, 2.24) is 5.32 Å². The Morgan fingerprint density at radius 2 is 2.08 bits per heavy atom. The van der Waals surface area contributed by atoms with Crippen molar-refractivity contribution < 1.29 is 19.4 Å². The minimum absolute atomic E-state index is 0.0376. The third kappa shape index (κ3) is 5.62. The summed E-state index contributed by atoms with van der Waals surface area (Å²) in [5.41, 5.74) is 0.759. The topological polar surface area (TPSA) is 92.2 Å². The summed E-state index contributed by atoms with van der Waals surface area (Å²) < 4.78 is 9.81. The van der Waals surface area contributed by atoms with Gasteiger partial charge in [-0.2, -0.15) is 0 Å². The molecule has 1 fully saturated rings. The van der Waals surface area contributed by atoms with Crippen LogP contribution in [0.1, 0.15) is 43.0 Å². The van der Waals surface area contributed by atoms with E-state index in [-0.39, 0.29) is 5.75 Å². The van der Waals surface area contributed by atoms with Crippen LogP contribution >= 0.6 is 0 Å². The van der Waals surface area contributed by atoms with Gasteiger partial charge in [-0.1, -0.05) is 19.8 Å². The van der Waals surface area contributed by atoms with Gasteiger partial charge in [0.15, 0.2) is 5.96 Å². The molecule has 2 rings (SSSR count). The van der Waals surface area contributed by atoms with E-state index in [1.54, 1.807) is 13.2 Å². The molecule has 0 bridgehead atoms. The lowest BCUT2D eigenvalue weighted by Gasteiger charge is -2.31. The number of ether oxygens (including phenoxy) is 2. The highest BCUT2D eigenvalue weighted by Crippen LogP contribution is 2.26. The van der Waals surface area contributed by atoms with E-state index in [0.29, 0.717) is 42.3 Å². The number of rotatable bonds is 6. The van der Waals surface area contributed by atoms with Gasteiger partial charge in [-0.05, 0) is 37.0 Å². The van der Waals surface area contributed by atoms with Crippen LogP contribution in [0.4, 0.5) is 5.69 Å². The lowest BCUT2D eigenvalue weighted by Crippen LogP contribution is -2.44. The SMILES string of the molecule is COCCN=C(Nc1cc(C(=O)OC)ccc1O)NC1CCCCC1C. The summed E-state index contributed by atoms with van der Waals surface area (Å²) in [5, 5.41) is 16.7. The van der Waals surface area contributed by atoms with Crippen LogP contribution in [0.2, 0.25) is 0 Å². The van der Waals surface area contributed by atoms with Gasteiger partial charge in [-0.3, -0.25) is 4.99 Å². The first-order valence-electron chi connectivity index (χ1n) is 9.03. The van der Waals surface area contributed by atoms with Gasteiger partial charge >= 0.3 is 5.97 Å². The van der Waals surface area contributed by atoms with Gasteiger partial charge < -0.3 is 25.2 Å². The number of methoxy groups -OCH3 is 2. The number of phenolic OH excluding ortho intramolecular Hbond substituents is 1. The number of esters is 1. The molecule has 7 nitrogen and oxygen atoms in total. The maximum Gasteiger partial charge on any atom is 0.337 e. The first-order valence-corrected chi connectivity index (χ1v) is 9.03. The van der Waals surface area contributed by atoms with Crippen molar-refractivity contribution in [2.45, 2.75) is 38.6 Å². The molecule has 2 atom stereocenters. The minimum Gasteiger partial charge on any atom is -0.506 e. The Balaban J connectivity index is 2.17. The summed E-state index contributed by atoms with van der Waals surface area (Å²) in [5.74, 6) is 0.696. The summed E-state index contributed by atoms with van der Waals surface area (Å²) in [6.45, 7) is 3.23. The second-order valence-electron chi connectivity index (χ2n) is 6.58. The zero-order valence-corrected chi connectivity index (χ0v) is 15.7. The molecule has 144 valence electrons. The number of hydrogen-bond acceptors (Lipinski definition) is 5. The Kier molecular flexibility index (Phi) is 7.72. The summed E-state index contributed by atoms with van der Waals surface area (Å²) in [4.78, 5) is 16.3. The zero-order chi connectivity index (χ0) is 18.9. The number of benzene rings is 1. The van der Waals surface area contributed by atoms with Gasteiger partial charge in [0.05, 0.1) is 31.5 Å². The van der Waals surface area contributed by atoms with E-state index in [0.717, 1.165) is 6.42 Å². The number of nitrogens with one attached hydrogen (secondary N) is 2. The molecule has 0 heterocycles. The summed E-state index contributed by atoms with van der Waals surface area (Å²) in [6, 6.07) is 4.86. The predicted molar refractivity (Wildman–Crippen MR) is 102 cm³/mol. The molecule has 26 heavy (non-hydrogen) atoms. The number of aromatic hydroxyl groups is 1. The molecule has 0 spiro atoms. The van der Waals surface area contributed by atoms with E-state index < -0.39 is 5.97 Å². The number of guanidine groups is 1. The van der Waals surface area contributed by atoms with Gasteiger partial charge in [-0.15, -0.1) is 0 Å². The van der Waals surface area contributed by atoms with Crippen molar-refractivity contribution >= 4 is 17.6 Å². The smallest absolute Gasteiger partial charge is 0.337 e. The number of carbonyl (C=O) groups excluding carboxylic acids is 1. The Hall–Kier alpha value is -2.28. The highest BCUT2D eigenvalue weighted by molar-refractivity contribution is 5.97. The lowest BCUT2D eigenvalue weighted by molar-refractivity contribution is 0.0601. The summed E-state index contributed by atoms with van der Waals surface area (Å²) >= 11 is 0. The maximum absolute atomic E-state index is 11.7. The van der Waals surface area contributed by atoms with Crippen molar-refractivity contribution in [3.63, 3.8) is 0 Å². The molecule has 2 unspecified atom stereocenters. The highest BCUT2D eigenvalue weighted by atomic mass is 16.5. The van der Waals surface area contributed by atoms with E-state index in [1.165, 1.54) is 38.5 Å². The molecule has 7 heteroatoms. The standard InChI is InChI=1S/C19H29N3O4/c1-13-6-4-5-7-15(13)21-19(20-10-11-25-2)22-16-12-14(18(24)26-3)8-9-17(16)23/h8-9,12-13,15,23H,4-7,10-11H2,1-3H3,(H2,20,21,22). The second-order valence-corrected chi connectivity index (χ2v) is 6.58. The molecule has 3 N–H and O–H groups in total. The van der Waals surface area contributed by atoms with Crippen molar-refractivity contribution in [2.24, 2.45) is 10.9 Å². The van der Waals surface area contributed by atoms with Crippen molar-refractivity contribution in [3.8, 4) is 5.75 Å². The molecule has 1 aliphatic carbocycles. The number of phenols is 1. The van der Waals surface area contributed by atoms with Crippen LogP contribution in [0, 0.1) is 5.92 Å². The molecule has 1 aromatic carbocycles. The largest absolute Gasteiger partial charge is 0.506 e. The average Bonchev–Trinajstić information content (AvgIpc) is 2.64. The van der Waals surface area contributed by atoms with E-state index in [1.807, 2.05) is 0 Å². The fourth-order valence-corrected chi connectivity index (χ4v) is 3.08. The molecule has 1 saturated carbocycles. The molecular formula is C19H29N3O4. The van der Waals surface area contributed by atoms with Gasteiger partial charge in [0.25, 0.3) is 0 Å². The minimum atomic E-state index is -0.459. The third-order valence-electron chi connectivity index (χ3n) is 4.67. The van der Waals surface area contributed by atoms with E-state index in [9.17, 15) is 9.90 Å². The number of nitrogens with zero attached hydrogens (tertiary/aromatic N) is 1. The van der Waals surface area contributed by atoms with E-state index in [4.69, 9.17) is 9.47 Å². The number of aliphatic imine (C=N–C) groups is 1. The van der Waals surface area contributed by atoms with Gasteiger partial charge in [0.2, 0.25) is 0 Å². The molecular weight excluding hydrogens is 334 g/mol. The van der Waals surface area contributed by atoms with Gasteiger partial charge in [0.1, 0.15) is 5.75 Å². The average molecular weight is 363 g/mol. The summed E-state index contributed by atoms with van der Waals surface area (Å²) in [6.07, 6.45) is 4.72. The van der Waals surface area contributed by atoms with Crippen LogP contribution in [0.5, 0.6) is 5.75 Å². The first kappa shape index (κ1) is 20.0. The Morgan fingerprint density at radius 3 is 2.77 bits per heavy atom. The zero-order valence-electron chi connectivity index (χ0n) is 15.7. The van der Waals surface area contributed by atoms with Crippen LogP contribution in [0.3, 0.4) is 0 Å². The molecule has 0 aliphatic heterocycles. The van der Waals surface area contributed by atoms with Crippen molar-refractivity contribution in [2.75, 3.05) is 32.7 Å². The van der Waals surface area contributed by atoms with E-state index >= 15 is 0 Å². The van der Waals surface area contributed by atoms with Gasteiger partial charge in [-0.25, -0.2) is 4.79 Å². The number of anilines is 1.